The zero-order valence-corrected chi connectivity index (χ0v) is 18.4. The van der Waals surface area contributed by atoms with E-state index in [2.05, 4.69) is 25.8 Å². The third kappa shape index (κ3) is 4.59. The zero-order valence-electron chi connectivity index (χ0n) is 17.5. The summed E-state index contributed by atoms with van der Waals surface area (Å²) in [7, 11) is -3.71. The van der Waals surface area contributed by atoms with E-state index in [4.69, 9.17) is 6.42 Å². The van der Waals surface area contributed by atoms with Gasteiger partial charge >= 0.3 is 0 Å². The molecule has 2 N–H and O–H groups in total. The topological polar surface area (TPSA) is 91.4 Å². The van der Waals surface area contributed by atoms with Crippen molar-refractivity contribution < 1.29 is 13.2 Å². The average molecular weight is 449 g/mol. The van der Waals surface area contributed by atoms with E-state index >= 15 is 0 Å². The van der Waals surface area contributed by atoms with Crippen LogP contribution in [0.2, 0.25) is 0 Å². The standard InChI is InChI=1S/C24H24N4O3S/c1-2-13-26-32(30,31)19-8-6-18(7-9-19)24(29)27-22-10-11-23(28-15-4-3-5-16-28)20-12-14-25-17-21(20)22/h1,6-12,14,17,26H,3-5,13,15-16H2,(H,27,29). The van der Waals surface area contributed by atoms with Crippen LogP contribution in [-0.4, -0.2) is 38.9 Å². The van der Waals surface area contributed by atoms with E-state index in [0.29, 0.717) is 11.3 Å². The Labute approximate surface area is 187 Å². The van der Waals surface area contributed by atoms with Crippen LogP contribution in [0.4, 0.5) is 11.4 Å². The number of anilines is 2. The molecule has 4 rings (SSSR count). The third-order valence-corrected chi connectivity index (χ3v) is 6.95. The number of nitrogens with one attached hydrogen (secondary N) is 2. The number of piperidine rings is 1. The van der Waals surface area contributed by atoms with Crippen molar-refractivity contribution in [2.24, 2.45) is 0 Å². The summed E-state index contributed by atoms with van der Waals surface area (Å²) in [5, 5.41) is 4.84. The SMILES string of the molecule is C#CCNS(=O)(=O)c1ccc(C(=O)Nc2ccc(N3CCCCC3)c3ccncc23)cc1. The van der Waals surface area contributed by atoms with Crippen molar-refractivity contribution in [1.82, 2.24) is 9.71 Å². The highest BCUT2D eigenvalue weighted by Gasteiger charge is 2.17. The second-order valence-electron chi connectivity index (χ2n) is 7.61. The van der Waals surface area contributed by atoms with Gasteiger partial charge in [0.1, 0.15) is 0 Å². The minimum Gasteiger partial charge on any atom is -0.371 e. The lowest BCUT2D eigenvalue weighted by Gasteiger charge is -2.30. The van der Waals surface area contributed by atoms with E-state index < -0.39 is 10.0 Å². The summed E-state index contributed by atoms with van der Waals surface area (Å²) in [5.41, 5.74) is 2.15. The van der Waals surface area contributed by atoms with Crippen LogP contribution < -0.4 is 14.9 Å². The van der Waals surface area contributed by atoms with Crippen molar-refractivity contribution in [1.29, 1.82) is 0 Å². The van der Waals surface area contributed by atoms with Gasteiger partial charge in [-0.2, -0.15) is 4.72 Å². The monoisotopic (exact) mass is 448 g/mol. The normalized spacial score (nSPS) is 14.2. The van der Waals surface area contributed by atoms with Gasteiger partial charge in [0.05, 0.1) is 17.1 Å². The van der Waals surface area contributed by atoms with Crippen molar-refractivity contribution in [2.45, 2.75) is 24.2 Å². The first kappa shape index (κ1) is 21.8. The lowest BCUT2D eigenvalue weighted by atomic mass is 10.0. The summed E-state index contributed by atoms with van der Waals surface area (Å²) in [6.07, 6.45) is 12.2. The molecule has 0 unspecified atom stereocenters. The molecule has 1 amide bonds. The second-order valence-corrected chi connectivity index (χ2v) is 9.38. The summed E-state index contributed by atoms with van der Waals surface area (Å²) < 4.78 is 26.6. The third-order valence-electron chi connectivity index (χ3n) is 5.53. The number of rotatable bonds is 6. The molecular weight excluding hydrogens is 424 g/mol. The van der Waals surface area contributed by atoms with Crippen LogP contribution in [0.5, 0.6) is 0 Å². The molecule has 2 heterocycles. The molecule has 2 aromatic carbocycles. The smallest absolute Gasteiger partial charge is 0.255 e. The fourth-order valence-electron chi connectivity index (χ4n) is 3.89. The van der Waals surface area contributed by atoms with E-state index in [1.54, 1.807) is 12.4 Å². The molecule has 0 saturated carbocycles. The Bertz CT molecular complexity index is 1270. The predicted octanol–water partition coefficient (Wildman–Crippen LogP) is 3.39. The minimum atomic E-state index is -3.71. The molecule has 0 aliphatic carbocycles. The first-order valence-electron chi connectivity index (χ1n) is 10.5. The van der Waals surface area contributed by atoms with Gasteiger partial charge in [-0.25, -0.2) is 8.42 Å². The Kier molecular flexibility index (Phi) is 6.40. The first-order chi connectivity index (χ1) is 15.5. The minimum absolute atomic E-state index is 0.0461. The van der Waals surface area contributed by atoms with Gasteiger partial charge in [0.15, 0.2) is 0 Å². The van der Waals surface area contributed by atoms with Crippen LogP contribution in [0.25, 0.3) is 10.8 Å². The predicted molar refractivity (Wildman–Crippen MR) is 126 cm³/mol. The molecule has 1 aromatic heterocycles. The average Bonchev–Trinajstić information content (AvgIpc) is 2.83. The maximum absolute atomic E-state index is 12.8. The Morgan fingerprint density at radius 1 is 1.03 bits per heavy atom. The molecule has 0 atom stereocenters. The summed E-state index contributed by atoms with van der Waals surface area (Å²) in [4.78, 5) is 19.5. The number of pyridine rings is 1. The van der Waals surface area contributed by atoms with E-state index in [1.165, 1.54) is 43.5 Å². The van der Waals surface area contributed by atoms with Gasteiger partial charge in [-0.1, -0.05) is 5.92 Å². The molecule has 164 valence electrons. The highest BCUT2D eigenvalue weighted by atomic mass is 32.2. The molecule has 1 fully saturated rings. The molecule has 0 spiro atoms. The van der Waals surface area contributed by atoms with Gasteiger partial charge in [0.25, 0.3) is 5.91 Å². The highest BCUT2D eigenvalue weighted by Crippen LogP contribution is 2.33. The van der Waals surface area contributed by atoms with Crippen LogP contribution >= 0.6 is 0 Å². The Balaban J connectivity index is 1.57. The number of terminal acetylenes is 1. The number of hydrogen-bond donors (Lipinski definition) is 2. The van der Waals surface area contributed by atoms with E-state index in [9.17, 15) is 13.2 Å². The molecule has 7 nitrogen and oxygen atoms in total. The summed E-state index contributed by atoms with van der Waals surface area (Å²) >= 11 is 0. The second kappa shape index (κ2) is 9.39. The highest BCUT2D eigenvalue weighted by molar-refractivity contribution is 7.89. The van der Waals surface area contributed by atoms with Gasteiger partial charge in [-0.3, -0.25) is 9.78 Å². The molecule has 1 saturated heterocycles. The van der Waals surface area contributed by atoms with E-state index in [-0.39, 0.29) is 17.3 Å². The maximum atomic E-state index is 12.8. The van der Waals surface area contributed by atoms with Crippen LogP contribution in [0.15, 0.2) is 59.8 Å². The molecular formula is C24H24N4O3S. The largest absolute Gasteiger partial charge is 0.371 e. The number of sulfonamides is 1. The number of carbonyl (C=O) groups is 1. The number of fused-ring (bicyclic) bond motifs is 1. The molecule has 0 bridgehead atoms. The Hall–Kier alpha value is -3.41. The van der Waals surface area contributed by atoms with Gasteiger partial charge in [0.2, 0.25) is 10.0 Å². The van der Waals surface area contributed by atoms with Gasteiger partial charge < -0.3 is 10.2 Å². The van der Waals surface area contributed by atoms with E-state index in [0.717, 1.165) is 29.5 Å². The quantitative estimate of drug-likeness (QED) is 0.564. The summed E-state index contributed by atoms with van der Waals surface area (Å²) in [6.45, 7) is 1.95. The lowest BCUT2D eigenvalue weighted by molar-refractivity contribution is 0.102. The lowest BCUT2D eigenvalue weighted by Crippen LogP contribution is -2.29. The van der Waals surface area contributed by atoms with Gasteiger partial charge in [-0.05, 0) is 61.7 Å². The maximum Gasteiger partial charge on any atom is 0.255 e. The van der Waals surface area contributed by atoms with Crippen LogP contribution in [0, 0.1) is 12.3 Å². The zero-order chi connectivity index (χ0) is 22.6. The Morgan fingerprint density at radius 2 is 1.78 bits per heavy atom. The van der Waals surface area contributed by atoms with Gasteiger partial charge in [-0.15, -0.1) is 6.42 Å². The van der Waals surface area contributed by atoms with Crippen molar-refractivity contribution in [3.05, 3.63) is 60.4 Å². The first-order valence-corrected chi connectivity index (χ1v) is 11.9. The number of hydrogen-bond acceptors (Lipinski definition) is 5. The van der Waals surface area contributed by atoms with E-state index in [1.807, 2.05) is 18.2 Å². The molecule has 1 aliphatic heterocycles. The van der Waals surface area contributed by atoms with Crippen molar-refractivity contribution in [3.8, 4) is 12.3 Å². The van der Waals surface area contributed by atoms with Crippen LogP contribution in [0.1, 0.15) is 29.6 Å². The van der Waals surface area contributed by atoms with Gasteiger partial charge in [0, 0.05) is 47.5 Å². The number of amides is 1. The molecule has 3 aromatic rings. The number of nitrogens with zero attached hydrogens (tertiary/aromatic N) is 2. The van der Waals surface area contributed by atoms with Crippen LogP contribution in [-0.2, 0) is 10.0 Å². The molecule has 8 heteroatoms. The van der Waals surface area contributed by atoms with Crippen molar-refractivity contribution in [3.63, 3.8) is 0 Å². The number of carbonyl (C=O) groups excluding carboxylic acids is 1. The van der Waals surface area contributed by atoms with Crippen molar-refractivity contribution in [2.75, 3.05) is 29.9 Å². The Morgan fingerprint density at radius 3 is 2.50 bits per heavy atom. The summed E-state index contributed by atoms with van der Waals surface area (Å²) in [6, 6.07) is 11.6. The summed E-state index contributed by atoms with van der Waals surface area (Å²) in [5.74, 6) is 1.90. The number of aromatic nitrogens is 1. The molecule has 32 heavy (non-hydrogen) atoms. The van der Waals surface area contributed by atoms with Crippen molar-refractivity contribution >= 4 is 38.1 Å². The fraction of sp³-hybridized carbons (Fsp3) is 0.250. The van der Waals surface area contributed by atoms with Crippen LogP contribution in [0.3, 0.4) is 0 Å². The molecule has 0 radical (unpaired) electrons. The fourth-order valence-corrected chi connectivity index (χ4v) is 4.83. The molecule has 1 aliphatic rings. The number of benzene rings is 2.